The fraction of sp³-hybridized carbons (Fsp3) is 0.478. The second-order valence-electron chi connectivity index (χ2n) is 8.72. The quantitative estimate of drug-likeness (QED) is 0.690. The molecule has 2 fully saturated rings. The summed E-state index contributed by atoms with van der Waals surface area (Å²) < 4.78 is 15.8. The van der Waals surface area contributed by atoms with Crippen LogP contribution in [0.1, 0.15) is 48.0 Å². The number of imide groups is 1. The van der Waals surface area contributed by atoms with Crippen molar-refractivity contribution in [2.45, 2.75) is 45.2 Å². The van der Waals surface area contributed by atoms with Gasteiger partial charge in [0.15, 0.2) is 17.2 Å². The average Bonchev–Trinajstić information content (AvgIpc) is 3.53. The highest BCUT2D eigenvalue weighted by molar-refractivity contribution is 6.07. The van der Waals surface area contributed by atoms with E-state index in [0.29, 0.717) is 49.6 Å². The summed E-state index contributed by atoms with van der Waals surface area (Å²) in [5.41, 5.74) is 0.113. The van der Waals surface area contributed by atoms with Gasteiger partial charge in [-0.2, -0.15) is 0 Å². The Morgan fingerprint density at radius 3 is 2.64 bits per heavy atom. The van der Waals surface area contributed by atoms with Gasteiger partial charge in [-0.1, -0.05) is 18.1 Å². The zero-order valence-corrected chi connectivity index (χ0v) is 18.6. The van der Waals surface area contributed by atoms with Crippen molar-refractivity contribution in [1.29, 1.82) is 0 Å². The van der Waals surface area contributed by atoms with E-state index in [2.05, 4.69) is 10.5 Å². The van der Waals surface area contributed by atoms with Gasteiger partial charge in [-0.3, -0.25) is 14.5 Å². The van der Waals surface area contributed by atoms with Crippen LogP contribution in [0.25, 0.3) is 0 Å². The summed E-state index contributed by atoms with van der Waals surface area (Å²) in [6.07, 6.45) is 1.71. The Morgan fingerprint density at radius 1 is 1.18 bits per heavy atom. The second-order valence-corrected chi connectivity index (χ2v) is 8.72. The number of piperidine rings is 1. The normalized spacial score (nSPS) is 22.7. The van der Waals surface area contributed by atoms with Crippen molar-refractivity contribution < 1.29 is 28.4 Å². The summed E-state index contributed by atoms with van der Waals surface area (Å²) in [6.45, 7) is 4.96. The van der Waals surface area contributed by atoms with Crippen molar-refractivity contribution in [2.75, 3.05) is 19.9 Å². The average molecular weight is 454 g/mol. The number of nitrogens with zero attached hydrogens (tertiary/aromatic N) is 3. The Bertz CT molecular complexity index is 1110. The summed E-state index contributed by atoms with van der Waals surface area (Å²) in [5, 5.41) is 6.80. The van der Waals surface area contributed by atoms with E-state index in [1.807, 2.05) is 13.0 Å². The van der Waals surface area contributed by atoms with Crippen LogP contribution in [0.5, 0.6) is 11.5 Å². The number of nitrogens with one attached hydrogen (secondary N) is 1. The molecule has 0 unspecified atom stereocenters. The summed E-state index contributed by atoms with van der Waals surface area (Å²) in [5.74, 6) is 1.39. The van der Waals surface area contributed by atoms with Crippen molar-refractivity contribution in [1.82, 2.24) is 20.3 Å². The second kappa shape index (κ2) is 8.09. The molecule has 174 valence electrons. The molecule has 1 atom stereocenters. The third-order valence-corrected chi connectivity index (χ3v) is 6.86. The Kier molecular flexibility index (Phi) is 5.22. The zero-order valence-electron chi connectivity index (χ0n) is 18.6. The molecule has 0 saturated carbocycles. The van der Waals surface area contributed by atoms with Crippen LogP contribution in [0.3, 0.4) is 0 Å². The lowest BCUT2D eigenvalue weighted by molar-refractivity contribution is -0.134. The Balaban J connectivity index is 1.28. The predicted molar refractivity (Wildman–Crippen MR) is 115 cm³/mol. The molecule has 0 bridgehead atoms. The first-order chi connectivity index (χ1) is 15.9. The molecule has 10 nitrogen and oxygen atoms in total. The summed E-state index contributed by atoms with van der Waals surface area (Å²) in [4.78, 5) is 42.1. The first-order valence-electron chi connectivity index (χ1n) is 11.2. The third kappa shape index (κ3) is 3.59. The van der Waals surface area contributed by atoms with E-state index in [4.69, 9.17) is 14.0 Å². The van der Waals surface area contributed by atoms with Crippen molar-refractivity contribution in [3.63, 3.8) is 0 Å². The highest BCUT2D eigenvalue weighted by Crippen LogP contribution is 2.38. The standard InChI is InChI=1S/C23H26N4O6/c1-3-23(16-6-8-26(9-7-16)20(28)17-10-14(2)33-25-17)21(29)27(22(30)24-23)12-15-4-5-18-19(11-15)32-13-31-18/h4-5,10-11,16H,3,6-9,12-13H2,1-2H3,(H,24,30)/t23-/m1/s1. The molecule has 1 aromatic heterocycles. The molecule has 3 aliphatic rings. The van der Waals surface area contributed by atoms with Crippen LogP contribution in [-0.2, 0) is 11.3 Å². The lowest BCUT2D eigenvalue weighted by Gasteiger charge is -2.40. The van der Waals surface area contributed by atoms with Crippen LogP contribution in [0, 0.1) is 12.8 Å². The van der Waals surface area contributed by atoms with Gasteiger partial charge in [-0.15, -0.1) is 0 Å². The Hall–Kier alpha value is -3.56. The van der Waals surface area contributed by atoms with E-state index in [9.17, 15) is 14.4 Å². The molecule has 2 aromatic rings. The SMILES string of the molecule is CC[C@]1(C2CCN(C(=O)c3cc(C)on3)CC2)NC(=O)N(Cc2ccc3c(c2)OCO3)C1=O. The minimum atomic E-state index is -0.965. The molecule has 1 N–H and O–H groups in total. The van der Waals surface area contributed by atoms with Gasteiger partial charge < -0.3 is 24.2 Å². The minimum absolute atomic E-state index is 0.0659. The van der Waals surface area contributed by atoms with Gasteiger partial charge in [-0.05, 0) is 49.8 Å². The highest BCUT2D eigenvalue weighted by atomic mass is 16.7. The molecule has 4 amide bonds. The van der Waals surface area contributed by atoms with Gasteiger partial charge in [0.1, 0.15) is 11.3 Å². The maximum Gasteiger partial charge on any atom is 0.325 e. The molecule has 1 aromatic carbocycles. The van der Waals surface area contributed by atoms with Gasteiger partial charge in [0.05, 0.1) is 6.54 Å². The molecule has 10 heteroatoms. The van der Waals surface area contributed by atoms with Crippen molar-refractivity contribution >= 4 is 17.8 Å². The van der Waals surface area contributed by atoms with Crippen molar-refractivity contribution in [3.8, 4) is 11.5 Å². The maximum atomic E-state index is 13.5. The Labute approximate surface area is 190 Å². The minimum Gasteiger partial charge on any atom is -0.454 e. The topological polar surface area (TPSA) is 114 Å². The number of fused-ring (bicyclic) bond motifs is 1. The van der Waals surface area contributed by atoms with E-state index in [0.717, 1.165) is 5.56 Å². The van der Waals surface area contributed by atoms with Gasteiger partial charge in [0, 0.05) is 19.2 Å². The number of urea groups is 1. The van der Waals surface area contributed by atoms with Crippen molar-refractivity contribution in [3.05, 3.63) is 41.3 Å². The van der Waals surface area contributed by atoms with Gasteiger partial charge in [-0.25, -0.2) is 4.79 Å². The maximum absolute atomic E-state index is 13.5. The van der Waals surface area contributed by atoms with Crippen LogP contribution in [0.15, 0.2) is 28.8 Å². The van der Waals surface area contributed by atoms with Gasteiger partial charge in [0.25, 0.3) is 11.8 Å². The van der Waals surface area contributed by atoms with Gasteiger partial charge >= 0.3 is 6.03 Å². The number of carbonyl (C=O) groups excluding carboxylic acids is 3. The van der Waals surface area contributed by atoms with E-state index in [1.54, 1.807) is 30.0 Å². The summed E-state index contributed by atoms with van der Waals surface area (Å²) in [6, 6.07) is 6.64. The molecular formula is C23H26N4O6. The largest absolute Gasteiger partial charge is 0.454 e. The smallest absolute Gasteiger partial charge is 0.325 e. The van der Waals surface area contributed by atoms with Crippen LogP contribution >= 0.6 is 0 Å². The number of ether oxygens (including phenoxy) is 2. The molecule has 5 rings (SSSR count). The number of aryl methyl sites for hydroxylation is 1. The molecule has 0 spiro atoms. The number of hydrogen-bond acceptors (Lipinski definition) is 7. The zero-order chi connectivity index (χ0) is 23.2. The number of hydrogen-bond donors (Lipinski definition) is 1. The molecule has 0 radical (unpaired) electrons. The molecule has 3 aliphatic heterocycles. The predicted octanol–water partition coefficient (Wildman–Crippen LogP) is 2.46. The fourth-order valence-electron chi connectivity index (χ4n) is 5.02. The fourth-order valence-corrected chi connectivity index (χ4v) is 5.02. The number of amides is 4. The van der Waals surface area contributed by atoms with Crippen LogP contribution in [-0.4, -0.2) is 58.2 Å². The van der Waals surface area contributed by atoms with Crippen LogP contribution in [0.4, 0.5) is 4.79 Å². The van der Waals surface area contributed by atoms with E-state index in [-0.39, 0.29) is 36.8 Å². The first-order valence-corrected chi connectivity index (χ1v) is 11.2. The number of benzene rings is 1. The van der Waals surface area contributed by atoms with E-state index >= 15 is 0 Å². The van der Waals surface area contributed by atoms with Crippen molar-refractivity contribution in [2.24, 2.45) is 5.92 Å². The molecule has 0 aliphatic carbocycles. The number of aromatic nitrogens is 1. The molecular weight excluding hydrogens is 428 g/mol. The number of carbonyl (C=O) groups is 3. The molecule has 33 heavy (non-hydrogen) atoms. The third-order valence-electron chi connectivity index (χ3n) is 6.86. The van der Waals surface area contributed by atoms with Gasteiger partial charge in [0.2, 0.25) is 6.79 Å². The van der Waals surface area contributed by atoms with E-state index < -0.39 is 11.6 Å². The first kappa shape index (κ1) is 21.3. The lowest BCUT2D eigenvalue weighted by Crippen LogP contribution is -2.56. The Morgan fingerprint density at radius 2 is 1.94 bits per heavy atom. The summed E-state index contributed by atoms with van der Waals surface area (Å²) >= 11 is 0. The number of likely N-dealkylation sites (tertiary alicyclic amines) is 1. The van der Waals surface area contributed by atoms with E-state index in [1.165, 1.54) is 4.90 Å². The molecule has 4 heterocycles. The lowest BCUT2D eigenvalue weighted by atomic mass is 9.75. The monoisotopic (exact) mass is 454 g/mol. The van der Waals surface area contributed by atoms with Crippen LogP contribution in [0.2, 0.25) is 0 Å². The number of rotatable bonds is 5. The highest BCUT2D eigenvalue weighted by Gasteiger charge is 2.55. The summed E-state index contributed by atoms with van der Waals surface area (Å²) in [7, 11) is 0. The van der Waals surface area contributed by atoms with Crippen LogP contribution < -0.4 is 14.8 Å². The molecule has 2 saturated heterocycles.